The van der Waals surface area contributed by atoms with E-state index in [0.29, 0.717) is 6.54 Å². The fourth-order valence-corrected chi connectivity index (χ4v) is 3.23. The molecule has 0 radical (unpaired) electrons. The van der Waals surface area contributed by atoms with E-state index in [1.165, 1.54) is 5.56 Å². The molecule has 6 nitrogen and oxygen atoms in total. The quantitative estimate of drug-likeness (QED) is 0.685. The lowest BCUT2D eigenvalue weighted by Gasteiger charge is -2.28. The highest BCUT2D eigenvalue weighted by Gasteiger charge is 2.21. The Bertz CT molecular complexity index is 890. The van der Waals surface area contributed by atoms with Gasteiger partial charge in [-0.3, -0.25) is 4.98 Å². The molecule has 1 atom stereocenters. The molecule has 0 aliphatic rings. The van der Waals surface area contributed by atoms with Crippen molar-refractivity contribution in [3.05, 3.63) is 65.9 Å². The van der Waals surface area contributed by atoms with Gasteiger partial charge in [0.15, 0.2) is 0 Å². The Labute approximate surface area is 160 Å². The molecule has 0 aliphatic carbocycles. The highest BCUT2D eigenvalue weighted by Crippen LogP contribution is 2.24. The molecule has 3 heterocycles. The number of urea groups is 1. The summed E-state index contributed by atoms with van der Waals surface area (Å²) in [6.45, 7) is 4.60. The second kappa shape index (κ2) is 8.66. The summed E-state index contributed by atoms with van der Waals surface area (Å²) in [5.41, 5.74) is 3.96. The zero-order valence-electron chi connectivity index (χ0n) is 16.2. The number of aryl methyl sites for hydroxylation is 1. The maximum atomic E-state index is 12.7. The molecule has 27 heavy (non-hydrogen) atoms. The monoisotopic (exact) mass is 365 g/mol. The second-order valence-electron chi connectivity index (χ2n) is 6.92. The lowest BCUT2D eigenvalue weighted by atomic mass is 10.0. The van der Waals surface area contributed by atoms with Crippen molar-refractivity contribution in [2.45, 2.75) is 45.7 Å². The first kappa shape index (κ1) is 18.9. The number of aromatic nitrogens is 3. The molecule has 2 amide bonds. The van der Waals surface area contributed by atoms with Crippen molar-refractivity contribution in [3.8, 4) is 0 Å². The molecule has 3 aromatic rings. The maximum Gasteiger partial charge on any atom is 0.317 e. The number of nitrogens with zero attached hydrogens (tertiary/aromatic N) is 4. The van der Waals surface area contributed by atoms with Gasteiger partial charge in [0.2, 0.25) is 0 Å². The number of hydrogen-bond donors (Lipinski definition) is 1. The lowest BCUT2D eigenvalue weighted by molar-refractivity contribution is 0.185. The molecule has 1 N–H and O–H groups in total. The van der Waals surface area contributed by atoms with Crippen LogP contribution >= 0.6 is 0 Å². The molecular formula is C21H27N5O. The molecule has 6 heteroatoms. The van der Waals surface area contributed by atoms with Gasteiger partial charge >= 0.3 is 6.03 Å². The second-order valence-corrected chi connectivity index (χ2v) is 6.92. The van der Waals surface area contributed by atoms with Crippen molar-refractivity contribution in [2.75, 3.05) is 7.05 Å². The Hall–Kier alpha value is -2.89. The van der Waals surface area contributed by atoms with Gasteiger partial charge in [0.05, 0.1) is 18.3 Å². The van der Waals surface area contributed by atoms with Gasteiger partial charge in [-0.2, -0.15) is 0 Å². The Morgan fingerprint density at radius 2 is 2.15 bits per heavy atom. The van der Waals surface area contributed by atoms with E-state index in [9.17, 15) is 4.79 Å². The van der Waals surface area contributed by atoms with Crippen LogP contribution in [-0.2, 0) is 6.54 Å². The number of rotatable bonds is 7. The van der Waals surface area contributed by atoms with E-state index < -0.39 is 0 Å². The van der Waals surface area contributed by atoms with E-state index in [2.05, 4.69) is 22.2 Å². The average Bonchev–Trinajstić information content (AvgIpc) is 3.09. The predicted octanol–water partition coefficient (Wildman–Crippen LogP) is 4.11. The Balaban J connectivity index is 1.67. The van der Waals surface area contributed by atoms with Gasteiger partial charge in [-0.15, -0.1) is 0 Å². The SMILES string of the molecule is CCCCC(c1cccnc1)N(C)C(=O)NCc1cn2cc(C)ccc2n1. The molecule has 3 rings (SSSR count). The molecule has 0 aromatic carbocycles. The molecule has 3 aromatic heterocycles. The first-order valence-electron chi connectivity index (χ1n) is 9.43. The summed E-state index contributed by atoms with van der Waals surface area (Å²) < 4.78 is 1.99. The van der Waals surface area contributed by atoms with E-state index in [-0.39, 0.29) is 12.1 Å². The smallest absolute Gasteiger partial charge is 0.317 e. The van der Waals surface area contributed by atoms with Crippen LogP contribution in [0.3, 0.4) is 0 Å². The van der Waals surface area contributed by atoms with Crippen LogP contribution in [0.4, 0.5) is 4.79 Å². The Kier molecular flexibility index (Phi) is 6.06. The molecule has 0 bridgehead atoms. The van der Waals surface area contributed by atoms with Crippen molar-refractivity contribution < 1.29 is 4.79 Å². The standard InChI is InChI=1S/C21H27N5O/c1-4-5-8-19(17-7-6-11-22-12-17)25(3)21(27)23-13-18-15-26-14-16(2)9-10-20(26)24-18/h6-7,9-12,14-15,19H,4-5,8,13H2,1-3H3,(H,23,27). The zero-order valence-corrected chi connectivity index (χ0v) is 16.2. The van der Waals surface area contributed by atoms with Crippen molar-refractivity contribution >= 4 is 11.7 Å². The van der Waals surface area contributed by atoms with E-state index in [0.717, 1.165) is 36.2 Å². The van der Waals surface area contributed by atoms with Crippen molar-refractivity contribution in [1.82, 2.24) is 24.6 Å². The molecule has 0 saturated carbocycles. The van der Waals surface area contributed by atoms with Crippen LogP contribution in [-0.4, -0.2) is 32.3 Å². The summed E-state index contributed by atoms with van der Waals surface area (Å²) in [5.74, 6) is 0. The number of carbonyl (C=O) groups excluding carboxylic acids is 1. The third-order valence-electron chi connectivity index (χ3n) is 4.76. The van der Waals surface area contributed by atoms with Gasteiger partial charge in [0.25, 0.3) is 0 Å². The van der Waals surface area contributed by atoms with E-state index in [4.69, 9.17) is 0 Å². The molecule has 0 spiro atoms. The first-order chi connectivity index (χ1) is 13.1. The minimum atomic E-state index is -0.104. The molecule has 142 valence electrons. The topological polar surface area (TPSA) is 62.5 Å². The van der Waals surface area contributed by atoms with Crippen molar-refractivity contribution in [1.29, 1.82) is 0 Å². The molecule has 1 unspecified atom stereocenters. The highest BCUT2D eigenvalue weighted by atomic mass is 16.2. The van der Waals surface area contributed by atoms with Gasteiger partial charge in [-0.05, 0) is 36.6 Å². The largest absolute Gasteiger partial charge is 0.332 e. The summed E-state index contributed by atoms with van der Waals surface area (Å²) in [4.78, 5) is 23.3. The fraction of sp³-hybridized carbons (Fsp3) is 0.381. The number of amides is 2. The van der Waals surface area contributed by atoms with Gasteiger partial charge in [-0.25, -0.2) is 9.78 Å². The fourth-order valence-electron chi connectivity index (χ4n) is 3.23. The minimum absolute atomic E-state index is 0.0161. The van der Waals surface area contributed by atoms with Crippen LogP contribution in [0.5, 0.6) is 0 Å². The third kappa shape index (κ3) is 4.64. The van der Waals surface area contributed by atoms with Crippen LogP contribution in [0.2, 0.25) is 0 Å². The van der Waals surface area contributed by atoms with Crippen molar-refractivity contribution in [3.63, 3.8) is 0 Å². The molecular weight excluding hydrogens is 338 g/mol. The number of fused-ring (bicyclic) bond motifs is 1. The summed E-state index contributed by atoms with van der Waals surface area (Å²) in [5, 5.41) is 2.99. The summed E-state index contributed by atoms with van der Waals surface area (Å²) in [6, 6.07) is 7.87. The number of hydrogen-bond acceptors (Lipinski definition) is 3. The number of unbranched alkanes of at least 4 members (excludes halogenated alkanes) is 1. The van der Waals surface area contributed by atoms with Crippen LogP contribution in [0.1, 0.15) is 49.0 Å². The lowest BCUT2D eigenvalue weighted by Crippen LogP contribution is -2.39. The van der Waals surface area contributed by atoms with Gasteiger partial charge in [0, 0.05) is 31.8 Å². The van der Waals surface area contributed by atoms with Gasteiger partial charge in [-0.1, -0.05) is 31.9 Å². The molecule has 0 aliphatic heterocycles. The van der Waals surface area contributed by atoms with Crippen molar-refractivity contribution in [2.24, 2.45) is 0 Å². The predicted molar refractivity (Wildman–Crippen MR) is 106 cm³/mol. The molecule has 0 saturated heterocycles. The number of carbonyl (C=O) groups is 1. The normalized spacial score (nSPS) is 12.1. The van der Waals surface area contributed by atoms with Crippen LogP contribution < -0.4 is 5.32 Å². The van der Waals surface area contributed by atoms with Crippen LogP contribution in [0, 0.1) is 6.92 Å². The first-order valence-corrected chi connectivity index (χ1v) is 9.43. The van der Waals surface area contributed by atoms with Crippen LogP contribution in [0.15, 0.2) is 49.1 Å². The third-order valence-corrected chi connectivity index (χ3v) is 4.76. The van der Waals surface area contributed by atoms with Gasteiger partial charge < -0.3 is 14.6 Å². The Morgan fingerprint density at radius 3 is 2.89 bits per heavy atom. The average molecular weight is 365 g/mol. The Morgan fingerprint density at radius 1 is 1.30 bits per heavy atom. The van der Waals surface area contributed by atoms with Crippen LogP contribution in [0.25, 0.3) is 5.65 Å². The number of pyridine rings is 2. The van der Waals surface area contributed by atoms with E-state index in [1.807, 2.05) is 61.2 Å². The minimum Gasteiger partial charge on any atom is -0.332 e. The number of imidazole rings is 1. The maximum absolute atomic E-state index is 12.7. The highest BCUT2D eigenvalue weighted by molar-refractivity contribution is 5.74. The summed E-state index contributed by atoms with van der Waals surface area (Å²) >= 11 is 0. The molecule has 0 fully saturated rings. The van der Waals surface area contributed by atoms with Gasteiger partial charge in [0.1, 0.15) is 5.65 Å². The summed E-state index contributed by atoms with van der Waals surface area (Å²) in [6.07, 6.45) is 10.6. The summed E-state index contributed by atoms with van der Waals surface area (Å²) in [7, 11) is 1.84. The van der Waals surface area contributed by atoms with E-state index >= 15 is 0 Å². The number of nitrogens with one attached hydrogen (secondary N) is 1. The van der Waals surface area contributed by atoms with E-state index in [1.54, 1.807) is 11.1 Å². The zero-order chi connectivity index (χ0) is 19.2.